The predicted octanol–water partition coefficient (Wildman–Crippen LogP) is 8.23. The lowest BCUT2D eigenvalue weighted by atomic mass is 9.54. The fourth-order valence-corrected chi connectivity index (χ4v) is 11.3. The molecule has 0 aromatic carbocycles. The van der Waals surface area contributed by atoms with Crippen molar-refractivity contribution in [3.8, 4) is 0 Å². The number of hydrogen-bond donors (Lipinski definition) is 3. The number of rotatable bonds is 11. The molecule has 11 heteroatoms. The molecule has 6 aliphatic rings. The Hall–Kier alpha value is -3.96. The van der Waals surface area contributed by atoms with E-state index in [0.717, 1.165) is 49.6 Å². The number of hydrogen-bond acceptors (Lipinski definition) is 7. The van der Waals surface area contributed by atoms with Crippen LogP contribution in [-0.2, 0) is 9.53 Å². The summed E-state index contributed by atoms with van der Waals surface area (Å²) in [5, 5.41) is 2.75. The smallest absolute Gasteiger partial charge is 0.407 e. The minimum absolute atomic E-state index is 0.0706. The summed E-state index contributed by atoms with van der Waals surface area (Å²) < 4.78 is 4.82. The fourth-order valence-electron chi connectivity index (χ4n) is 11.3. The van der Waals surface area contributed by atoms with Crippen LogP contribution in [-0.4, -0.2) is 99.6 Å². The van der Waals surface area contributed by atoms with Crippen molar-refractivity contribution in [2.45, 2.75) is 116 Å². The molecule has 57 heavy (non-hydrogen) atoms. The van der Waals surface area contributed by atoms with Gasteiger partial charge >= 0.3 is 6.09 Å². The molecular formula is C46H66N8O3. The third-order valence-corrected chi connectivity index (χ3v) is 14.3. The number of fused-ring (bicyclic) bond motifs is 2. The van der Waals surface area contributed by atoms with Crippen molar-refractivity contribution in [2.24, 2.45) is 29.1 Å². The number of methoxy groups -OCH3 is 1. The Morgan fingerprint density at radius 3 is 2.28 bits per heavy atom. The molecule has 3 N–H and O–H groups in total. The minimum atomic E-state index is -0.649. The van der Waals surface area contributed by atoms with Gasteiger partial charge in [0.1, 0.15) is 17.7 Å². The molecule has 0 bridgehead atoms. The summed E-state index contributed by atoms with van der Waals surface area (Å²) in [6.07, 6.45) is 25.5. The molecule has 6 atom stereocenters. The number of aromatic amines is 2. The Balaban J connectivity index is 1.04. The molecule has 3 aliphatic carbocycles. The molecule has 8 rings (SSSR count). The van der Waals surface area contributed by atoms with Crippen LogP contribution < -0.4 is 5.32 Å². The van der Waals surface area contributed by atoms with Crippen LogP contribution in [0.15, 0.2) is 47.8 Å². The van der Waals surface area contributed by atoms with Crippen molar-refractivity contribution in [3.05, 3.63) is 70.9 Å². The monoisotopic (exact) mass is 779 g/mol. The Morgan fingerprint density at radius 2 is 1.56 bits per heavy atom. The Bertz CT molecular complexity index is 1910. The highest BCUT2D eigenvalue weighted by atomic mass is 16.5. The number of H-pyrrole nitrogens is 2. The first-order valence-electron chi connectivity index (χ1n) is 22.0. The van der Waals surface area contributed by atoms with Crippen molar-refractivity contribution in [2.75, 3.05) is 46.9 Å². The van der Waals surface area contributed by atoms with Gasteiger partial charge in [0, 0.05) is 13.1 Å². The number of imidazole rings is 2. The van der Waals surface area contributed by atoms with Crippen LogP contribution in [0, 0.1) is 29.1 Å². The summed E-state index contributed by atoms with van der Waals surface area (Å²) >= 11 is 0. The number of carbonyl (C=O) groups excluding carboxylic acids is 2. The van der Waals surface area contributed by atoms with Crippen LogP contribution in [0.3, 0.4) is 0 Å². The van der Waals surface area contributed by atoms with Gasteiger partial charge < -0.3 is 29.8 Å². The second-order valence-electron chi connectivity index (χ2n) is 18.7. The van der Waals surface area contributed by atoms with Crippen LogP contribution in [0.5, 0.6) is 0 Å². The molecular weight excluding hydrogens is 713 g/mol. The highest BCUT2D eigenvalue weighted by Gasteiger charge is 2.52. The largest absolute Gasteiger partial charge is 0.453 e. The molecule has 1 saturated carbocycles. The van der Waals surface area contributed by atoms with Crippen LogP contribution in [0.2, 0.25) is 0 Å². The van der Waals surface area contributed by atoms with E-state index in [1.165, 1.54) is 94.1 Å². The normalized spacial score (nSPS) is 28.7. The molecule has 308 valence electrons. The average Bonchev–Trinajstić information content (AvgIpc) is 4.06. The number of likely N-dealkylation sites (tertiary alicyclic amines) is 3. The molecule has 1 spiro atoms. The van der Waals surface area contributed by atoms with E-state index in [-0.39, 0.29) is 17.9 Å². The first kappa shape index (κ1) is 39.8. The van der Waals surface area contributed by atoms with Crippen molar-refractivity contribution < 1.29 is 14.3 Å². The van der Waals surface area contributed by atoms with Gasteiger partial charge in [0.25, 0.3) is 0 Å². The van der Waals surface area contributed by atoms with E-state index in [9.17, 15) is 9.59 Å². The lowest BCUT2D eigenvalue weighted by molar-refractivity contribution is -0.135. The van der Waals surface area contributed by atoms with Crippen molar-refractivity contribution >= 4 is 23.1 Å². The molecule has 6 unspecified atom stereocenters. The topological polar surface area (TPSA) is 122 Å². The lowest BCUT2D eigenvalue weighted by Gasteiger charge is -2.50. The average molecular weight is 779 g/mol. The zero-order valence-electron chi connectivity index (χ0n) is 35.3. The van der Waals surface area contributed by atoms with E-state index in [4.69, 9.17) is 14.7 Å². The fraction of sp³-hybridized carbons (Fsp3) is 0.652. The molecule has 11 nitrogen and oxygen atoms in total. The first-order valence-corrected chi connectivity index (χ1v) is 22.0. The Labute approximate surface area is 339 Å². The number of alkyl carbamates (subject to hydrolysis) is 1. The van der Waals surface area contributed by atoms with Crippen LogP contribution in [0.1, 0.15) is 133 Å². The maximum atomic E-state index is 13.7. The number of aromatic nitrogens is 4. The van der Waals surface area contributed by atoms with Crippen LogP contribution >= 0.6 is 0 Å². The van der Waals surface area contributed by atoms with E-state index >= 15 is 0 Å². The number of carbonyl (C=O) groups is 2. The molecule has 4 fully saturated rings. The number of nitrogens with zero attached hydrogens (tertiary/aromatic N) is 5. The van der Waals surface area contributed by atoms with Gasteiger partial charge in [0.15, 0.2) is 0 Å². The van der Waals surface area contributed by atoms with E-state index in [2.05, 4.69) is 76.5 Å². The molecule has 2 amide bonds. The maximum Gasteiger partial charge on any atom is 0.407 e. The highest BCUT2D eigenvalue weighted by Crippen LogP contribution is 2.59. The van der Waals surface area contributed by atoms with Gasteiger partial charge in [-0.15, -0.1) is 0 Å². The van der Waals surface area contributed by atoms with E-state index in [1.807, 2.05) is 24.9 Å². The highest BCUT2D eigenvalue weighted by molar-refractivity contribution is 5.86. The summed E-state index contributed by atoms with van der Waals surface area (Å²) in [6, 6.07) is -0.396. The minimum Gasteiger partial charge on any atom is -0.453 e. The molecule has 2 aromatic rings. The van der Waals surface area contributed by atoms with Gasteiger partial charge in [-0.3, -0.25) is 9.69 Å². The first-order chi connectivity index (χ1) is 27.5. The van der Waals surface area contributed by atoms with Crippen molar-refractivity contribution in [3.63, 3.8) is 0 Å². The number of nitrogens with one attached hydrogen (secondary N) is 3. The summed E-state index contributed by atoms with van der Waals surface area (Å²) in [4.78, 5) is 50.3. The van der Waals surface area contributed by atoms with Gasteiger partial charge in [0.05, 0.1) is 43.0 Å². The standard InChI is InChI=1S/C46H66N8O3/c1-29(2)19-24-53-22-8-11-38(53)42-48-27-37(50-42)34-18-17-33(40-35(34)10-7-20-46(40)21-25-52(5)28-46)31-13-15-32(16-14-31)36-26-47-43(49-36)39-12-9-23-54(39)44(55)41(30(3)4)51-45(56)57-6/h13,15,17-18,26-27,29-30,35,38-41H,7-12,14,16,19-25,28H2,1-6H3,(H,47,49)(H,48,50)(H,51,56). The number of ether oxygens (including phenoxy) is 1. The SMILES string of the molecule is COC(=O)NC(C(=O)N1CCCC1c1ncc(C2=CC=C(C3=CC=C(c4cnc(C5CCCN5CCC(C)C)[nH]4)C4CCCC5(CCN(C)C5)C34)CC2)[nH]1)C(C)C. The van der Waals surface area contributed by atoms with Gasteiger partial charge in [-0.2, -0.15) is 0 Å². The summed E-state index contributed by atoms with van der Waals surface area (Å²) in [6.45, 7) is 13.8. The summed E-state index contributed by atoms with van der Waals surface area (Å²) in [5.74, 6) is 3.50. The van der Waals surface area contributed by atoms with Gasteiger partial charge in [-0.25, -0.2) is 14.8 Å². The Kier molecular flexibility index (Phi) is 11.7. The van der Waals surface area contributed by atoms with E-state index in [0.29, 0.717) is 35.8 Å². The Morgan fingerprint density at radius 1 is 0.860 bits per heavy atom. The zero-order chi connectivity index (χ0) is 39.8. The van der Waals surface area contributed by atoms with Crippen molar-refractivity contribution in [1.82, 2.24) is 40.0 Å². The summed E-state index contributed by atoms with van der Waals surface area (Å²) in [7, 11) is 3.63. The van der Waals surface area contributed by atoms with Gasteiger partial charge in [-0.1, -0.05) is 58.4 Å². The van der Waals surface area contributed by atoms with Crippen molar-refractivity contribution in [1.29, 1.82) is 0 Å². The number of amides is 2. The van der Waals surface area contributed by atoms with E-state index in [1.54, 1.807) is 5.57 Å². The molecule has 3 saturated heterocycles. The number of allylic oxidation sites excluding steroid dienone is 8. The second kappa shape index (κ2) is 16.7. The molecule has 3 aliphatic heterocycles. The molecule has 2 aromatic heterocycles. The quantitative estimate of drug-likeness (QED) is 0.210. The predicted molar refractivity (Wildman–Crippen MR) is 225 cm³/mol. The summed E-state index contributed by atoms with van der Waals surface area (Å²) in [5.41, 5.74) is 8.28. The van der Waals surface area contributed by atoms with Gasteiger partial charge in [0.2, 0.25) is 5.91 Å². The third kappa shape index (κ3) is 7.95. The van der Waals surface area contributed by atoms with E-state index < -0.39 is 12.1 Å². The second-order valence-corrected chi connectivity index (χ2v) is 18.7. The maximum absolute atomic E-state index is 13.7. The lowest BCUT2D eigenvalue weighted by Crippen LogP contribution is -2.51. The van der Waals surface area contributed by atoms with Gasteiger partial charge in [-0.05, 0) is 142 Å². The van der Waals surface area contributed by atoms with Crippen LogP contribution in [0.25, 0.3) is 11.1 Å². The zero-order valence-corrected chi connectivity index (χ0v) is 35.3. The third-order valence-electron chi connectivity index (χ3n) is 14.3. The van der Waals surface area contributed by atoms with Crippen LogP contribution in [0.4, 0.5) is 4.79 Å². The molecule has 0 radical (unpaired) electrons. The molecule has 5 heterocycles.